The van der Waals surface area contributed by atoms with Crippen LogP contribution in [0.2, 0.25) is 0 Å². The summed E-state index contributed by atoms with van der Waals surface area (Å²) in [6.07, 6.45) is 3.37. The van der Waals surface area contributed by atoms with Gasteiger partial charge in [0.05, 0.1) is 11.4 Å². The Bertz CT molecular complexity index is 1690. The second-order valence-corrected chi connectivity index (χ2v) is 9.60. The van der Waals surface area contributed by atoms with Gasteiger partial charge in [-0.3, -0.25) is 9.97 Å². The van der Waals surface area contributed by atoms with Crippen LogP contribution in [0.15, 0.2) is 191 Å². The fourth-order valence-electron chi connectivity index (χ4n) is 4.18. The minimum Gasteiger partial charge on any atom is -0.857 e. The minimum atomic E-state index is -0.380. The molecule has 0 fully saturated rings. The second kappa shape index (κ2) is 18.1. The van der Waals surface area contributed by atoms with Crippen molar-refractivity contribution in [2.24, 2.45) is 20.4 Å². The molecule has 0 N–H and O–H groups in total. The number of pyridine rings is 2. The van der Waals surface area contributed by atoms with E-state index < -0.39 is 0 Å². The molecule has 4 aromatic carbocycles. The van der Waals surface area contributed by atoms with E-state index in [2.05, 4.69) is 30.4 Å². The summed E-state index contributed by atoms with van der Waals surface area (Å²) in [4.78, 5) is 8.61. The maximum Gasteiger partial charge on any atom is 2.00 e. The molecule has 6 rings (SSSR count). The van der Waals surface area contributed by atoms with Crippen molar-refractivity contribution in [3.63, 3.8) is 0 Å². The molecule has 231 valence electrons. The molecule has 0 spiro atoms. The third-order valence-corrected chi connectivity index (χ3v) is 6.43. The SMILES string of the molecule is [Co+2].[O-]/C(=N\N=C(/c1ccccc1)c1ccccn1)c1ccccc1.[O-]/C(=N\N=C(/c1ccccc1)c1ccccn1)c1ccccc1. The first-order chi connectivity index (χ1) is 22.7. The summed E-state index contributed by atoms with van der Waals surface area (Å²) >= 11 is 0. The van der Waals surface area contributed by atoms with Crippen LogP contribution in [0.5, 0.6) is 0 Å². The van der Waals surface area contributed by atoms with Crippen LogP contribution in [0.3, 0.4) is 0 Å². The Morgan fingerprint density at radius 1 is 0.362 bits per heavy atom. The van der Waals surface area contributed by atoms with Crippen molar-refractivity contribution in [1.29, 1.82) is 0 Å². The van der Waals surface area contributed by atoms with Crippen LogP contribution in [0, 0.1) is 0 Å². The quantitative estimate of drug-likeness (QED) is 0.125. The minimum absolute atomic E-state index is 0. The molecule has 47 heavy (non-hydrogen) atoms. The monoisotopic (exact) mass is 659 g/mol. The van der Waals surface area contributed by atoms with Crippen molar-refractivity contribution in [1.82, 2.24) is 9.97 Å². The third-order valence-electron chi connectivity index (χ3n) is 6.43. The van der Waals surface area contributed by atoms with Gasteiger partial charge in [-0.1, -0.05) is 133 Å². The standard InChI is InChI=1S/2C19H15N3O.Co/c2*23-19(16-11-5-2-6-12-16)22-21-18(15-9-3-1-4-10-15)17-13-7-8-14-20-17;/h2*1-14H,(H,22,23);/q;;+2/p-2/b2*21-18+;. The van der Waals surface area contributed by atoms with Gasteiger partial charge in [-0.05, 0) is 35.4 Å². The predicted molar refractivity (Wildman–Crippen MR) is 179 cm³/mol. The van der Waals surface area contributed by atoms with Gasteiger partial charge in [0.2, 0.25) is 0 Å². The van der Waals surface area contributed by atoms with Crippen molar-refractivity contribution < 1.29 is 27.0 Å². The zero-order valence-electron chi connectivity index (χ0n) is 25.0. The number of rotatable bonds is 8. The van der Waals surface area contributed by atoms with E-state index in [-0.39, 0.29) is 28.6 Å². The van der Waals surface area contributed by atoms with Gasteiger partial charge in [0.25, 0.3) is 0 Å². The first-order valence-corrected chi connectivity index (χ1v) is 14.4. The summed E-state index contributed by atoms with van der Waals surface area (Å²) in [6.45, 7) is 0. The van der Waals surface area contributed by atoms with E-state index in [0.29, 0.717) is 33.9 Å². The Kier molecular flexibility index (Phi) is 13.0. The van der Waals surface area contributed by atoms with Crippen molar-refractivity contribution in [2.45, 2.75) is 0 Å². The molecule has 8 nitrogen and oxygen atoms in total. The van der Waals surface area contributed by atoms with Gasteiger partial charge in [0.15, 0.2) is 0 Å². The fourth-order valence-corrected chi connectivity index (χ4v) is 4.18. The van der Waals surface area contributed by atoms with Crippen LogP contribution in [-0.2, 0) is 16.8 Å². The van der Waals surface area contributed by atoms with E-state index in [1.165, 1.54) is 0 Å². The van der Waals surface area contributed by atoms with E-state index in [9.17, 15) is 10.2 Å². The molecule has 0 bridgehead atoms. The number of hydrogen-bond donors (Lipinski definition) is 0. The van der Waals surface area contributed by atoms with Crippen molar-refractivity contribution >= 4 is 23.2 Å². The van der Waals surface area contributed by atoms with E-state index >= 15 is 0 Å². The molecule has 0 amide bonds. The van der Waals surface area contributed by atoms with Crippen LogP contribution < -0.4 is 10.2 Å². The molecule has 2 heterocycles. The number of benzene rings is 4. The molecule has 0 saturated carbocycles. The van der Waals surface area contributed by atoms with E-state index in [1.54, 1.807) is 60.9 Å². The van der Waals surface area contributed by atoms with Crippen LogP contribution in [0.4, 0.5) is 0 Å². The van der Waals surface area contributed by atoms with Crippen LogP contribution in [0.1, 0.15) is 33.6 Å². The molecule has 1 radical (unpaired) electrons. The molecule has 6 aromatic rings. The normalized spacial score (nSPS) is 11.9. The van der Waals surface area contributed by atoms with Crippen molar-refractivity contribution in [3.05, 3.63) is 204 Å². The summed E-state index contributed by atoms with van der Waals surface area (Å²) in [6, 6.07) is 48.0. The van der Waals surface area contributed by atoms with Gasteiger partial charge in [0, 0.05) is 35.3 Å². The fraction of sp³-hybridized carbons (Fsp3) is 0. The average molecular weight is 660 g/mol. The zero-order valence-corrected chi connectivity index (χ0v) is 26.0. The first kappa shape index (κ1) is 33.9. The Hall–Kier alpha value is -6.03. The van der Waals surface area contributed by atoms with Crippen LogP contribution in [0.25, 0.3) is 0 Å². The molecule has 0 unspecified atom stereocenters. The first-order valence-electron chi connectivity index (χ1n) is 14.4. The number of nitrogens with zero attached hydrogens (tertiary/aromatic N) is 6. The van der Waals surface area contributed by atoms with Crippen LogP contribution >= 0.6 is 0 Å². The summed E-state index contributed by atoms with van der Waals surface area (Å²) < 4.78 is 0. The van der Waals surface area contributed by atoms with Crippen molar-refractivity contribution in [2.75, 3.05) is 0 Å². The van der Waals surface area contributed by atoms with Crippen molar-refractivity contribution in [3.8, 4) is 0 Å². The van der Waals surface area contributed by atoms with E-state index in [4.69, 9.17) is 0 Å². The number of hydrogen-bond acceptors (Lipinski definition) is 8. The maximum atomic E-state index is 12.1. The maximum absolute atomic E-state index is 12.1. The summed E-state index contributed by atoms with van der Waals surface area (Å²) in [5, 5.41) is 40.3. The third kappa shape index (κ3) is 9.98. The molecule has 9 heteroatoms. The van der Waals surface area contributed by atoms with Gasteiger partial charge in [-0.2, -0.15) is 10.2 Å². The Morgan fingerprint density at radius 3 is 0.957 bits per heavy atom. The topological polar surface area (TPSA) is 121 Å². The molecule has 2 aromatic heterocycles. The van der Waals surface area contributed by atoms with Gasteiger partial charge in [-0.25, -0.2) is 0 Å². The van der Waals surface area contributed by atoms with E-state index in [0.717, 1.165) is 11.1 Å². The smallest absolute Gasteiger partial charge is 0.857 e. The zero-order chi connectivity index (χ0) is 31.8. The second-order valence-electron chi connectivity index (χ2n) is 9.60. The molecule has 0 atom stereocenters. The van der Waals surface area contributed by atoms with Gasteiger partial charge < -0.3 is 10.2 Å². The van der Waals surface area contributed by atoms with E-state index in [1.807, 2.05) is 109 Å². The predicted octanol–water partition coefficient (Wildman–Crippen LogP) is 5.28. The number of aromatic nitrogens is 2. The molecule has 0 aliphatic carbocycles. The summed E-state index contributed by atoms with van der Waals surface area (Å²) in [5.41, 5.74) is 5.19. The van der Waals surface area contributed by atoms with Gasteiger partial charge in [0.1, 0.15) is 11.4 Å². The Morgan fingerprint density at radius 2 is 0.660 bits per heavy atom. The Balaban J connectivity index is 0.000000208. The Labute approximate surface area is 283 Å². The molecular formula is C38H28CoN6O2. The molecule has 0 aliphatic heterocycles. The van der Waals surface area contributed by atoms with Gasteiger partial charge in [-0.15, -0.1) is 10.2 Å². The molecular weight excluding hydrogens is 631 g/mol. The summed E-state index contributed by atoms with van der Waals surface area (Å²) in [7, 11) is 0. The molecule has 0 aliphatic rings. The average Bonchev–Trinajstić information content (AvgIpc) is 3.14. The largest absolute Gasteiger partial charge is 2.00 e. The van der Waals surface area contributed by atoms with Crippen LogP contribution in [-0.4, -0.2) is 33.2 Å². The van der Waals surface area contributed by atoms with Gasteiger partial charge >= 0.3 is 16.8 Å². The summed E-state index contributed by atoms with van der Waals surface area (Å²) in [5.74, 6) is -0.759. The molecule has 0 saturated heterocycles.